The van der Waals surface area contributed by atoms with Gasteiger partial charge >= 0.3 is 5.97 Å². The van der Waals surface area contributed by atoms with Crippen molar-refractivity contribution in [2.24, 2.45) is 5.14 Å². The van der Waals surface area contributed by atoms with Crippen LogP contribution in [0.1, 0.15) is 17.3 Å². The van der Waals surface area contributed by atoms with Crippen molar-refractivity contribution in [1.82, 2.24) is 0 Å². The lowest BCUT2D eigenvalue weighted by Crippen LogP contribution is -2.20. The van der Waals surface area contributed by atoms with Crippen LogP contribution in [0, 0.1) is 0 Å². The zero-order chi connectivity index (χ0) is 14.6. The summed E-state index contributed by atoms with van der Waals surface area (Å²) in [7, 11) is -3.91. The lowest BCUT2D eigenvalue weighted by atomic mass is 10.1. The Hall–Kier alpha value is -1.25. The van der Waals surface area contributed by atoms with Crippen molar-refractivity contribution in [3.8, 4) is 0 Å². The average molecular weight is 304 g/mol. The van der Waals surface area contributed by atoms with Crippen molar-refractivity contribution in [3.05, 3.63) is 23.8 Å². The molecule has 1 unspecified atom stereocenters. The van der Waals surface area contributed by atoms with Crippen molar-refractivity contribution in [3.63, 3.8) is 0 Å². The Bertz CT molecular complexity index is 572. The minimum absolute atomic E-state index is 0.0634. The molecule has 8 heteroatoms. The predicted molar refractivity (Wildman–Crippen MR) is 76.2 cm³/mol. The highest BCUT2D eigenvalue weighted by Gasteiger charge is 2.16. The van der Waals surface area contributed by atoms with E-state index in [4.69, 9.17) is 10.2 Å². The number of nitrogens with two attached hydrogens (primary N) is 1. The highest BCUT2D eigenvalue weighted by Crippen LogP contribution is 2.21. The van der Waals surface area contributed by atoms with Crippen molar-refractivity contribution in [1.29, 1.82) is 0 Å². The van der Waals surface area contributed by atoms with Gasteiger partial charge in [-0.3, -0.25) is 0 Å². The van der Waals surface area contributed by atoms with Gasteiger partial charge < -0.3 is 10.4 Å². The Morgan fingerprint density at radius 2 is 2.16 bits per heavy atom. The smallest absolute Gasteiger partial charge is 0.337 e. The fourth-order valence-corrected chi connectivity index (χ4v) is 2.68. The number of sulfonamides is 1. The van der Waals surface area contributed by atoms with Gasteiger partial charge in [0.25, 0.3) is 0 Å². The van der Waals surface area contributed by atoms with E-state index in [1.807, 2.05) is 13.2 Å². The van der Waals surface area contributed by atoms with E-state index in [1.54, 1.807) is 11.8 Å². The summed E-state index contributed by atoms with van der Waals surface area (Å²) in [5.74, 6) is -0.403. The number of hydrogen-bond donors (Lipinski definition) is 3. The molecule has 6 nitrogen and oxygen atoms in total. The van der Waals surface area contributed by atoms with Gasteiger partial charge in [0, 0.05) is 17.5 Å². The second-order valence-electron chi connectivity index (χ2n) is 4.06. The summed E-state index contributed by atoms with van der Waals surface area (Å²) in [6.45, 7) is 1.91. The monoisotopic (exact) mass is 304 g/mol. The van der Waals surface area contributed by atoms with Gasteiger partial charge in [-0.15, -0.1) is 0 Å². The molecule has 0 heterocycles. The molecule has 0 saturated carbocycles. The van der Waals surface area contributed by atoms with E-state index in [0.717, 1.165) is 11.8 Å². The van der Waals surface area contributed by atoms with Gasteiger partial charge in [0.1, 0.15) is 0 Å². The van der Waals surface area contributed by atoms with Gasteiger partial charge in [-0.05, 0) is 31.4 Å². The number of thioether (sulfide) groups is 1. The number of carbonyl (C=O) groups is 1. The summed E-state index contributed by atoms with van der Waals surface area (Å²) < 4.78 is 22.4. The van der Waals surface area contributed by atoms with E-state index < -0.39 is 16.0 Å². The lowest BCUT2D eigenvalue weighted by Gasteiger charge is -2.16. The number of carboxylic acid groups (broad SMARTS) is 1. The first kappa shape index (κ1) is 15.8. The molecule has 0 aromatic heterocycles. The maximum Gasteiger partial charge on any atom is 0.337 e. The number of nitrogens with one attached hydrogen (secondary N) is 1. The van der Waals surface area contributed by atoms with E-state index in [1.165, 1.54) is 12.1 Å². The number of anilines is 1. The van der Waals surface area contributed by atoms with Crippen molar-refractivity contribution < 1.29 is 18.3 Å². The van der Waals surface area contributed by atoms with Crippen LogP contribution >= 0.6 is 11.8 Å². The second-order valence-corrected chi connectivity index (χ2v) is 6.53. The number of aromatic carboxylic acids is 1. The molecule has 1 atom stereocenters. The SMILES string of the molecule is CSCC(C)Nc1ccc(S(N)(=O)=O)cc1C(=O)O. The number of benzene rings is 1. The second kappa shape index (κ2) is 6.27. The number of carboxylic acids is 1. The molecular formula is C11H16N2O4S2. The van der Waals surface area contributed by atoms with Crippen LogP contribution in [0.2, 0.25) is 0 Å². The first-order chi connectivity index (χ1) is 8.75. The van der Waals surface area contributed by atoms with Crippen LogP contribution in [-0.4, -0.2) is 37.5 Å². The fraction of sp³-hybridized carbons (Fsp3) is 0.364. The molecule has 0 aliphatic heterocycles. The van der Waals surface area contributed by atoms with Crippen LogP contribution in [0.15, 0.2) is 23.1 Å². The van der Waals surface area contributed by atoms with Gasteiger partial charge in [-0.25, -0.2) is 18.4 Å². The maximum atomic E-state index is 11.2. The summed E-state index contributed by atoms with van der Waals surface area (Å²) in [5, 5.41) is 17.1. The highest BCUT2D eigenvalue weighted by atomic mass is 32.2. The van der Waals surface area contributed by atoms with Crippen LogP contribution in [0.3, 0.4) is 0 Å². The van der Waals surface area contributed by atoms with E-state index in [2.05, 4.69) is 5.32 Å². The third kappa shape index (κ3) is 4.41. The van der Waals surface area contributed by atoms with Crippen LogP contribution < -0.4 is 10.5 Å². The first-order valence-corrected chi connectivity index (χ1v) is 8.35. The molecule has 0 spiro atoms. The normalized spacial score (nSPS) is 13.0. The summed E-state index contributed by atoms with van der Waals surface area (Å²) in [6.07, 6.45) is 1.94. The molecule has 0 aliphatic carbocycles. The van der Waals surface area contributed by atoms with E-state index in [0.29, 0.717) is 5.69 Å². The molecule has 0 radical (unpaired) electrons. The molecule has 19 heavy (non-hydrogen) atoms. The standard InChI is InChI=1S/C11H16N2O4S2/c1-7(6-18-2)13-10-4-3-8(19(12,16)17)5-9(10)11(14)15/h3-5,7,13H,6H2,1-2H3,(H,14,15)(H2,12,16,17). The Morgan fingerprint density at radius 1 is 1.53 bits per heavy atom. The van der Waals surface area contributed by atoms with Gasteiger partial charge in [-0.2, -0.15) is 11.8 Å². The van der Waals surface area contributed by atoms with Gasteiger partial charge in [0.2, 0.25) is 10.0 Å². The summed E-state index contributed by atoms with van der Waals surface area (Å²) >= 11 is 1.62. The molecule has 1 aromatic carbocycles. The van der Waals surface area contributed by atoms with Crippen LogP contribution in [-0.2, 0) is 10.0 Å². The van der Waals surface area contributed by atoms with Gasteiger partial charge in [0.05, 0.1) is 10.5 Å². The summed E-state index contributed by atoms with van der Waals surface area (Å²) in [5.41, 5.74) is 0.265. The third-order valence-electron chi connectivity index (χ3n) is 2.37. The van der Waals surface area contributed by atoms with Crippen LogP contribution in [0.5, 0.6) is 0 Å². The number of hydrogen-bond acceptors (Lipinski definition) is 5. The molecule has 0 saturated heterocycles. The predicted octanol–water partition coefficient (Wildman–Crippen LogP) is 1.20. The molecule has 1 rings (SSSR count). The van der Waals surface area contributed by atoms with Crippen LogP contribution in [0.4, 0.5) is 5.69 Å². The summed E-state index contributed by atoms with van der Waals surface area (Å²) in [6, 6.07) is 3.83. The Labute approximate surface area is 116 Å². The fourth-order valence-electron chi connectivity index (χ4n) is 1.56. The van der Waals surface area contributed by atoms with Crippen molar-refractivity contribution in [2.75, 3.05) is 17.3 Å². The third-order valence-corrected chi connectivity index (χ3v) is 4.11. The molecule has 0 fully saturated rings. The summed E-state index contributed by atoms with van der Waals surface area (Å²) in [4.78, 5) is 10.9. The van der Waals surface area contributed by atoms with E-state index in [9.17, 15) is 13.2 Å². The van der Waals surface area contributed by atoms with Crippen molar-refractivity contribution >= 4 is 33.4 Å². The molecule has 106 valence electrons. The van der Waals surface area contributed by atoms with E-state index in [-0.39, 0.29) is 16.5 Å². The van der Waals surface area contributed by atoms with Gasteiger partial charge in [-0.1, -0.05) is 0 Å². The minimum Gasteiger partial charge on any atom is -0.478 e. The molecule has 0 aliphatic rings. The maximum absolute atomic E-state index is 11.2. The largest absolute Gasteiger partial charge is 0.478 e. The molecular weight excluding hydrogens is 288 g/mol. The Kier molecular flexibility index (Phi) is 5.21. The average Bonchev–Trinajstić information content (AvgIpc) is 2.27. The molecule has 0 amide bonds. The van der Waals surface area contributed by atoms with Crippen LogP contribution in [0.25, 0.3) is 0 Å². The lowest BCUT2D eigenvalue weighted by molar-refractivity contribution is 0.0697. The van der Waals surface area contributed by atoms with E-state index >= 15 is 0 Å². The Balaban J connectivity index is 3.16. The highest BCUT2D eigenvalue weighted by molar-refractivity contribution is 7.98. The quantitative estimate of drug-likeness (QED) is 0.728. The molecule has 1 aromatic rings. The zero-order valence-electron chi connectivity index (χ0n) is 10.6. The van der Waals surface area contributed by atoms with Crippen molar-refractivity contribution in [2.45, 2.75) is 17.9 Å². The Morgan fingerprint density at radius 3 is 2.63 bits per heavy atom. The molecule has 4 N–H and O–H groups in total. The minimum atomic E-state index is -3.91. The van der Waals surface area contributed by atoms with Gasteiger partial charge in [0.15, 0.2) is 0 Å². The zero-order valence-corrected chi connectivity index (χ0v) is 12.2. The first-order valence-electron chi connectivity index (χ1n) is 5.41. The topological polar surface area (TPSA) is 109 Å². The number of rotatable bonds is 6. The molecule has 0 bridgehead atoms. The number of primary sulfonamides is 1.